The highest BCUT2D eigenvalue weighted by atomic mass is 16.5. The van der Waals surface area contributed by atoms with Crippen molar-refractivity contribution in [2.24, 2.45) is 0 Å². The number of methoxy groups -OCH3 is 1. The van der Waals surface area contributed by atoms with Gasteiger partial charge in [0.05, 0.1) is 18.5 Å². The predicted molar refractivity (Wildman–Crippen MR) is 92.1 cm³/mol. The van der Waals surface area contributed by atoms with Crippen LogP contribution in [0.3, 0.4) is 0 Å². The van der Waals surface area contributed by atoms with E-state index in [9.17, 15) is 0 Å². The Labute approximate surface area is 136 Å². The third-order valence-electron chi connectivity index (χ3n) is 4.34. The molecule has 1 aliphatic heterocycles. The van der Waals surface area contributed by atoms with Crippen molar-refractivity contribution in [2.75, 3.05) is 12.0 Å². The standard InChI is InChI=1S/C20H19NO2/c1-14-13-16-12-11-15-7-3-4-8-17(15)21(20(16)23-14)18-9-5-6-10-19(18)22-2/h3-10,13H,11-12H2,1-2H3. The predicted octanol–water partition coefficient (Wildman–Crippen LogP) is 5.17. The molecule has 4 rings (SSSR count). The van der Waals surface area contributed by atoms with E-state index in [2.05, 4.69) is 41.3 Å². The molecule has 0 radical (unpaired) electrons. The molecule has 0 fully saturated rings. The van der Waals surface area contributed by atoms with Crippen molar-refractivity contribution in [3.63, 3.8) is 0 Å². The molecule has 0 saturated carbocycles. The monoisotopic (exact) mass is 305 g/mol. The van der Waals surface area contributed by atoms with Gasteiger partial charge in [-0.1, -0.05) is 30.3 Å². The lowest BCUT2D eigenvalue weighted by Gasteiger charge is -2.25. The van der Waals surface area contributed by atoms with Crippen molar-refractivity contribution in [3.05, 3.63) is 71.5 Å². The summed E-state index contributed by atoms with van der Waals surface area (Å²) in [7, 11) is 1.71. The zero-order chi connectivity index (χ0) is 15.8. The first kappa shape index (κ1) is 13.9. The lowest BCUT2D eigenvalue weighted by Crippen LogP contribution is -2.11. The third-order valence-corrected chi connectivity index (χ3v) is 4.34. The highest BCUT2D eigenvalue weighted by molar-refractivity contribution is 5.81. The maximum atomic E-state index is 6.08. The molecule has 3 aromatic rings. The lowest BCUT2D eigenvalue weighted by molar-refractivity contribution is 0.415. The van der Waals surface area contributed by atoms with Crippen LogP contribution in [0.4, 0.5) is 17.3 Å². The number of benzene rings is 2. The van der Waals surface area contributed by atoms with Crippen LogP contribution in [-0.2, 0) is 12.8 Å². The number of rotatable bonds is 2. The van der Waals surface area contributed by atoms with E-state index in [1.807, 2.05) is 25.1 Å². The smallest absolute Gasteiger partial charge is 0.207 e. The molecule has 116 valence electrons. The van der Waals surface area contributed by atoms with Crippen LogP contribution in [0.5, 0.6) is 5.75 Å². The summed E-state index contributed by atoms with van der Waals surface area (Å²) in [5.41, 5.74) is 4.72. The summed E-state index contributed by atoms with van der Waals surface area (Å²) in [5.74, 6) is 2.68. The van der Waals surface area contributed by atoms with Gasteiger partial charge < -0.3 is 9.15 Å². The summed E-state index contributed by atoms with van der Waals surface area (Å²) in [6, 6.07) is 18.7. The number of anilines is 3. The number of nitrogens with zero attached hydrogens (tertiary/aromatic N) is 1. The molecule has 0 spiro atoms. The van der Waals surface area contributed by atoms with Crippen LogP contribution in [0.1, 0.15) is 16.9 Å². The van der Waals surface area contributed by atoms with Gasteiger partial charge >= 0.3 is 0 Å². The fourth-order valence-electron chi connectivity index (χ4n) is 3.30. The van der Waals surface area contributed by atoms with Gasteiger partial charge in [0, 0.05) is 5.56 Å². The molecular formula is C20H19NO2. The summed E-state index contributed by atoms with van der Waals surface area (Å²) < 4.78 is 11.7. The van der Waals surface area contributed by atoms with Gasteiger partial charge in [-0.05, 0) is 49.6 Å². The number of hydrogen-bond acceptors (Lipinski definition) is 3. The van der Waals surface area contributed by atoms with Gasteiger partial charge in [0.15, 0.2) is 0 Å². The number of ether oxygens (including phenoxy) is 1. The summed E-state index contributed by atoms with van der Waals surface area (Å²) in [6.07, 6.45) is 1.99. The molecule has 0 unspecified atom stereocenters. The summed E-state index contributed by atoms with van der Waals surface area (Å²) in [5, 5.41) is 0. The van der Waals surface area contributed by atoms with Crippen LogP contribution >= 0.6 is 0 Å². The first-order chi connectivity index (χ1) is 11.3. The minimum atomic E-state index is 0.837. The Morgan fingerprint density at radius 2 is 1.61 bits per heavy atom. The number of aryl methyl sites for hydroxylation is 3. The average molecular weight is 305 g/mol. The Morgan fingerprint density at radius 3 is 2.43 bits per heavy atom. The summed E-state index contributed by atoms with van der Waals surface area (Å²) in [6.45, 7) is 2.00. The summed E-state index contributed by atoms with van der Waals surface area (Å²) >= 11 is 0. The van der Waals surface area contributed by atoms with Gasteiger partial charge in [0.25, 0.3) is 0 Å². The summed E-state index contributed by atoms with van der Waals surface area (Å²) in [4.78, 5) is 2.18. The fourth-order valence-corrected chi connectivity index (χ4v) is 3.30. The minimum absolute atomic E-state index is 0.837. The molecule has 0 bridgehead atoms. The fraction of sp³-hybridized carbons (Fsp3) is 0.200. The minimum Gasteiger partial charge on any atom is -0.495 e. The van der Waals surface area contributed by atoms with Crippen molar-refractivity contribution in [3.8, 4) is 5.75 Å². The first-order valence-corrected chi connectivity index (χ1v) is 7.88. The third kappa shape index (κ3) is 2.29. The second-order valence-corrected chi connectivity index (χ2v) is 5.82. The van der Waals surface area contributed by atoms with E-state index in [0.717, 1.165) is 41.6 Å². The number of para-hydroxylation sites is 3. The van der Waals surface area contributed by atoms with Crippen molar-refractivity contribution < 1.29 is 9.15 Å². The van der Waals surface area contributed by atoms with Crippen LogP contribution in [0.2, 0.25) is 0 Å². The van der Waals surface area contributed by atoms with E-state index in [-0.39, 0.29) is 0 Å². The molecule has 0 saturated heterocycles. The Bertz CT molecular complexity index is 850. The highest BCUT2D eigenvalue weighted by Crippen LogP contribution is 2.45. The molecule has 3 nitrogen and oxygen atoms in total. The molecule has 0 atom stereocenters. The van der Waals surface area contributed by atoms with Gasteiger partial charge in [-0.2, -0.15) is 0 Å². The van der Waals surface area contributed by atoms with Gasteiger partial charge in [-0.25, -0.2) is 0 Å². The van der Waals surface area contributed by atoms with Crippen LogP contribution < -0.4 is 9.64 Å². The van der Waals surface area contributed by atoms with E-state index in [1.54, 1.807) is 7.11 Å². The molecule has 2 aromatic carbocycles. The Balaban J connectivity index is 2.00. The van der Waals surface area contributed by atoms with Crippen molar-refractivity contribution in [2.45, 2.75) is 19.8 Å². The SMILES string of the molecule is COc1ccccc1N1c2ccccc2CCc2cc(C)oc21. The second-order valence-electron chi connectivity index (χ2n) is 5.82. The molecule has 3 heteroatoms. The highest BCUT2D eigenvalue weighted by Gasteiger charge is 2.27. The lowest BCUT2D eigenvalue weighted by atomic mass is 10.1. The molecule has 2 heterocycles. The Hall–Kier alpha value is -2.68. The van der Waals surface area contributed by atoms with Crippen LogP contribution in [0.25, 0.3) is 0 Å². The topological polar surface area (TPSA) is 25.6 Å². The van der Waals surface area contributed by atoms with Crippen molar-refractivity contribution >= 4 is 17.3 Å². The number of hydrogen-bond donors (Lipinski definition) is 0. The van der Waals surface area contributed by atoms with Crippen molar-refractivity contribution in [1.29, 1.82) is 0 Å². The van der Waals surface area contributed by atoms with Gasteiger partial charge in [-0.3, -0.25) is 4.90 Å². The Kier molecular flexibility index (Phi) is 3.34. The van der Waals surface area contributed by atoms with Crippen molar-refractivity contribution in [1.82, 2.24) is 0 Å². The molecule has 0 N–H and O–H groups in total. The van der Waals surface area contributed by atoms with Gasteiger partial charge in [0.1, 0.15) is 11.5 Å². The quantitative estimate of drug-likeness (QED) is 0.653. The van der Waals surface area contributed by atoms with E-state index < -0.39 is 0 Å². The molecule has 0 amide bonds. The van der Waals surface area contributed by atoms with Crippen LogP contribution in [-0.4, -0.2) is 7.11 Å². The maximum absolute atomic E-state index is 6.08. The number of fused-ring (bicyclic) bond motifs is 2. The van der Waals surface area contributed by atoms with E-state index in [4.69, 9.17) is 9.15 Å². The van der Waals surface area contributed by atoms with E-state index >= 15 is 0 Å². The largest absolute Gasteiger partial charge is 0.495 e. The van der Waals surface area contributed by atoms with Crippen LogP contribution in [0, 0.1) is 6.92 Å². The molecule has 23 heavy (non-hydrogen) atoms. The molecule has 1 aromatic heterocycles. The average Bonchev–Trinajstić information content (AvgIpc) is 2.88. The zero-order valence-corrected chi connectivity index (χ0v) is 13.4. The van der Waals surface area contributed by atoms with Gasteiger partial charge in [0.2, 0.25) is 5.88 Å². The normalized spacial score (nSPS) is 13.2. The first-order valence-electron chi connectivity index (χ1n) is 7.88. The van der Waals surface area contributed by atoms with Gasteiger partial charge in [-0.15, -0.1) is 0 Å². The molecule has 0 aliphatic carbocycles. The second kappa shape index (κ2) is 5.51. The Morgan fingerprint density at radius 1 is 0.913 bits per heavy atom. The van der Waals surface area contributed by atoms with E-state index in [1.165, 1.54) is 11.1 Å². The molecular weight excluding hydrogens is 286 g/mol. The molecule has 1 aliphatic rings. The maximum Gasteiger partial charge on any atom is 0.207 e. The zero-order valence-electron chi connectivity index (χ0n) is 13.4. The van der Waals surface area contributed by atoms with E-state index in [0.29, 0.717) is 0 Å². The van der Waals surface area contributed by atoms with Crippen LogP contribution in [0.15, 0.2) is 59.0 Å². The number of furan rings is 1.